The highest BCUT2D eigenvalue weighted by atomic mass is 79.9. The van der Waals surface area contributed by atoms with E-state index in [2.05, 4.69) is 63.6 Å². The lowest BCUT2D eigenvalue weighted by atomic mass is 9.99. The van der Waals surface area contributed by atoms with Crippen LogP contribution < -0.4 is 5.32 Å². The van der Waals surface area contributed by atoms with E-state index in [4.69, 9.17) is 0 Å². The zero-order chi connectivity index (χ0) is 13.1. The van der Waals surface area contributed by atoms with E-state index in [-0.39, 0.29) is 6.04 Å². The third-order valence-corrected chi connectivity index (χ3v) is 3.50. The van der Waals surface area contributed by atoms with Crippen molar-refractivity contribution in [2.45, 2.75) is 19.9 Å². The van der Waals surface area contributed by atoms with Gasteiger partial charge in [0.1, 0.15) is 0 Å². The standard InChI is InChI=1S/C13H17BrN4/c1-4-15-13(12-8-16-17-18(12)3)11-7-10(14)6-5-9(11)2/h5-8,13,15H,4H2,1-3H3. The highest BCUT2D eigenvalue weighted by molar-refractivity contribution is 9.10. The van der Waals surface area contributed by atoms with Crippen LogP contribution in [0.1, 0.15) is 29.8 Å². The molecule has 1 N–H and O–H groups in total. The number of hydrogen-bond acceptors (Lipinski definition) is 3. The van der Waals surface area contributed by atoms with Crippen molar-refractivity contribution in [2.24, 2.45) is 7.05 Å². The number of rotatable bonds is 4. The van der Waals surface area contributed by atoms with Crippen LogP contribution in [0.5, 0.6) is 0 Å². The van der Waals surface area contributed by atoms with Crippen LogP contribution in [-0.2, 0) is 7.05 Å². The van der Waals surface area contributed by atoms with Gasteiger partial charge in [-0.05, 0) is 36.7 Å². The van der Waals surface area contributed by atoms with Gasteiger partial charge in [0.15, 0.2) is 0 Å². The Morgan fingerprint density at radius 1 is 1.44 bits per heavy atom. The maximum absolute atomic E-state index is 4.01. The minimum Gasteiger partial charge on any atom is -0.305 e. The van der Waals surface area contributed by atoms with E-state index in [1.165, 1.54) is 11.1 Å². The van der Waals surface area contributed by atoms with Crippen molar-refractivity contribution in [2.75, 3.05) is 6.54 Å². The number of benzene rings is 1. The number of aryl methyl sites for hydroxylation is 2. The third-order valence-electron chi connectivity index (χ3n) is 3.01. The minimum absolute atomic E-state index is 0.118. The number of nitrogens with zero attached hydrogens (tertiary/aromatic N) is 3. The summed E-state index contributed by atoms with van der Waals surface area (Å²) in [6.45, 7) is 5.11. The van der Waals surface area contributed by atoms with Gasteiger partial charge < -0.3 is 5.32 Å². The third kappa shape index (κ3) is 2.62. The van der Waals surface area contributed by atoms with E-state index in [1.807, 2.05) is 17.9 Å². The Morgan fingerprint density at radius 2 is 2.22 bits per heavy atom. The molecule has 1 atom stereocenters. The first kappa shape index (κ1) is 13.2. The van der Waals surface area contributed by atoms with Gasteiger partial charge in [-0.25, -0.2) is 0 Å². The molecule has 0 saturated heterocycles. The number of hydrogen-bond donors (Lipinski definition) is 1. The van der Waals surface area contributed by atoms with Crippen molar-refractivity contribution in [3.8, 4) is 0 Å². The number of aromatic nitrogens is 3. The average Bonchev–Trinajstić information content (AvgIpc) is 2.76. The number of nitrogens with one attached hydrogen (secondary N) is 1. The summed E-state index contributed by atoms with van der Waals surface area (Å²) in [5.74, 6) is 0. The van der Waals surface area contributed by atoms with Gasteiger partial charge in [-0.15, -0.1) is 5.10 Å². The quantitative estimate of drug-likeness (QED) is 0.944. The first-order valence-corrected chi connectivity index (χ1v) is 6.76. The van der Waals surface area contributed by atoms with E-state index < -0.39 is 0 Å². The van der Waals surface area contributed by atoms with Crippen molar-refractivity contribution >= 4 is 15.9 Å². The van der Waals surface area contributed by atoms with Crippen molar-refractivity contribution in [1.29, 1.82) is 0 Å². The number of halogens is 1. The van der Waals surface area contributed by atoms with Gasteiger partial charge in [0.25, 0.3) is 0 Å². The molecular weight excluding hydrogens is 292 g/mol. The summed E-state index contributed by atoms with van der Waals surface area (Å²) in [7, 11) is 1.92. The molecular formula is C13H17BrN4. The van der Waals surface area contributed by atoms with E-state index in [1.54, 1.807) is 0 Å². The normalized spacial score (nSPS) is 12.7. The Labute approximate surface area is 116 Å². The van der Waals surface area contributed by atoms with E-state index in [0.29, 0.717) is 0 Å². The van der Waals surface area contributed by atoms with Crippen LogP contribution in [0.4, 0.5) is 0 Å². The van der Waals surface area contributed by atoms with Crippen LogP contribution in [0.2, 0.25) is 0 Å². The summed E-state index contributed by atoms with van der Waals surface area (Å²) >= 11 is 3.53. The molecule has 0 aliphatic heterocycles. The zero-order valence-corrected chi connectivity index (χ0v) is 12.4. The molecule has 0 bridgehead atoms. The van der Waals surface area contributed by atoms with Gasteiger partial charge in [-0.3, -0.25) is 4.68 Å². The topological polar surface area (TPSA) is 42.7 Å². The van der Waals surface area contributed by atoms with Crippen LogP contribution in [0, 0.1) is 6.92 Å². The lowest BCUT2D eigenvalue weighted by molar-refractivity contribution is 0.566. The van der Waals surface area contributed by atoms with Gasteiger partial charge in [0, 0.05) is 11.5 Å². The second-order valence-corrected chi connectivity index (χ2v) is 5.19. The second-order valence-electron chi connectivity index (χ2n) is 4.27. The van der Waals surface area contributed by atoms with Gasteiger partial charge in [-0.2, -0.15) is 0 Å². The molecule has 96 valence electrons. The molecule has 0 spiro atoms. The van der Waals surface area contributed by atoms with Gasteiger partial charge >= 0.3 is 0 Å². The first-order valence-electron chi connectivity index (χ1n) is 5.97. The average molecular weight is 309 g/mol. The summed E-state index contributed by atoms with van der Waals surface area (Å²) in [5.41, 5.74) is 3.57. The van der Waals surface area contributed by atoms with Crippen LogP contribution in [0.15, 0.2) is 28.9 Å². The molecule has 0 aliphatic rings. The molecule has 1 heterocycles. The van der Waals surface area contributed by atoms with E-state index in [0.717, 1.165) is 16.7 Å². The van der Waals surface area contributed by atoms with Crippen molar-refractivity contribution in [3.05, 3.63) is 45.7 Å². The van der Waals surface area contributed by atoms with Gasteiger partial charge in [-0.1, -0.05) is 34.1 Å². The molecule has 4 nitrogen and oxygen atoms in total. The smallest absolute Gasteiger partial charge is 0.0798 e. The summed E-state index contributed by atoms with van der Waals surface area (Å²) in [4.78, 5) is 0. The SMILES string of the molecule is CCNC(c1cc(Br)ccc1C)c1cnnn1C. The molecule has 2 aromatic rings. The molecule has 18 heavy (non-hydrogen) atoms. The molecule has 1 aromatic heterocycles. The molecule has 1 unspecified atom stereocenters. The van der Waals surface area contributed by atoms with Gasteiger partial charge in [0.05, 0.1) is 17.9 Å². The molecule has 0 saturated carbocycles. The molecule has 0 amide bonds. The molecule has 1 aromatic carbocycles. The Morgan fingerprint density at radius 3 is 2.83 bits per heavy atom. The van der Waals surface area contributed by atoms with Crippen LogP contribution in [0.25, 0.3) is 0 Å². The molecule has 2 rings (SSSR count). The second kappa shape index (κ2) is 5.63. The van der Waals surface area contributed by atoms with Crippen LogP contribution >= 0.6 is 15.9 Å². The molecule has 0 aliphatic carbocycles. The largest absolute Gasteiger partial charge is 0.305 e. The van der Waals surface area contributed by atoms with E-state index >= 15 is 0 Å². The van der Waals surface area contributed by atoms with Crippen molar-refractivity contribution in [3.63, 3.8) is 0 Å². The summed E-state index contributed by atoms with van der Waals surface area (Å²) in [6.07, 6.45) is 1.81. The fourth-order valence-electron chi connectivity index (χ4n) is 2.06. The minimum atomic E-state index is 0.118. The summed E-state index contributed by atoms with van der Waals surface area (Å²) in [6, 6.07) is 6.44. The van der Waals surface area contributed by atoms with Crippen molar-refractivity contribution in [1.82, 2.24) is 20.3 Å². The first-order chi connectivity index (χ1) is 8.63. The van der Waals surface area contributed by atoms with Crippen LogP contribution in [-0.4, -0.2) is 21.5 Å². The summed E-state index contributed by atoms with van der Waals surface area (Å²) in [5, 5.41) is 11.5. The molecule has 0 radical (unpaired) electrons. The van der Waals surface area contributed by atoms with Crippen molar-refractivity contribution < 1.29 is 0 Å². The highest BCUT2D eigenvalue weighted by Gasteiger charge is 2.19. The Kier molecular flexibility index (Phi) is 4.14. The summed E-state index contributed by atoms with van der Waals surface area (Å²) < 4.78 is 2.90. The predicted molar refractivity (Wildman–Crippen MR) is 75.4 cm³/mol. The maximum atomic E-state index is 4.01. The lowest BCUT2D eigenvalue weighted by Crippen LogP contribution is -2.25. The Hall–Kier alpha value is -1.20. The molecule has 5 heteroatoms. The maximum Gasteiger partial charge on any atom is 0.0798 e. The lowest BCUT2D eigenvalue weighted by Gasteiger charge is -2.20. The monoisotopic (exact) mass is 308 g/mol. The highest BCUT2D eigenvalue weighted by Crippen LogP contribution is 2.26. The Balaban J connectivity index is 2.48. The van der Waals surface area contributed by atoms with Crippen LogP contribution in [0.3, 0.4) is 0 Å². The fourth-order valence-corrected chi connectivity index (χ4v) is 2.44. The Bertz CT molecular complexity index is 536. The zero-order valence-electron chi connectivity index (χ0n) is 10.8. The predicted octanol–water partition coefficient (Wildman–Crippen LogP) is 2.58. The van der Waals surface area contributed by atoms with Gasteiger partial charge in [0.2, 0.25) is 0 Å². The van der Waals surface area contributed by atoms with E-state index in [9.17, 15) is 0 Å². The fraction of sp³-hybridized carbons (Fsp3) is 0.385. The molecule has 0 fully saturated rings.